The molecule has 0 spiro atoms. The maximum atomic E-state index is 4.45. The van der Waals surface area contributed by atoms with E-state index in [4.69, 9.17) is 0 Å². The van der Waals surface area contributed by atoms with Crippen molar-refractivity contribution < 1.29 is 20.1 Å². The summed E-state index contributed by atoms with van der Waals surface area (Å²) in [5, 5.41) is 6.55. The summed E-state index contributed by atoms with van der Waals surface area (Å²) in [4.78, 5) is 4.45. The molecule has 1 aromatic carbocycles. The summed E-state index contributed by atoms with van der Waals surface area (Å²) in [5.74, 6) is 0. The van der Waals surface area contributed by atoms with E-state index in [9.17, 15) is 0 Å². The van der Waals surface area contributed by atoms with Crippen molar-refractivity contribution in [1.29, 1.82) is 0 Å². The fourth-order valence-electron chi connectivity index (χ4n) is 2.31. The molecule has 0 atom stereocenters. The standard InChI is InChI=1S/C14H8N3.Ir/c1-2-5-11-10(4-1)12-7-9-16-17(12)13-6-3-8-15-14(11)13;/h1-4,6-9H;/q-1;. The Balaban J connectivity index is 0.000001000. The first kappa shape index (κ1) is 11.3. The number of rotatable bonds is 0. The minimum absolute atomic E-state index is 0. The first-order valence-corrected chi connectivity index (χ1v) is 5.46. The van der Waals surface area contributed by atoms with E-state index < -0.39 is 0 Å². The molecule has 0 aliphatic carbocycles. The molecule has 0 fully saturated rings. The van der Waals surface area contributed by atoms with E-state index in [1.165, 1.54) is 0 Å². The monoisotopic (exact) mass is 411 g/mol. The van der Waals surface area contributed by atoms with Crippen LogP contribution >= 0.6 is 0 Å². The van der Waals surface area contributed by atoms with Gasteiger partial charge in [0.25, 0.3) is 0 Å². The van der Waals surface area contributed by atoms with Gasteiger partial charge in [-0.05, 0) is 18.2 Å². The molecule has 3 aromatic heterocycles. The van der Waals surface area contributed by atoms with Gasteiger partial charge in [-0.1, -0.05) is 5.39 Å². The summed E-state index contributed by atoms with van der Waals surface area (Å²) < 4.78 is 1.93. The number of nitrogens with zero attached hydrogens (tertiary/aromatic N) is 3. The number of hydrogen-bond donors (Lipinski definition) is 0. The molecular weight excluding hydrogens is 402 g/mol. The first-order chi connectivity index (χ1) is 8.45. The SMILES string of the molecule is [Ir].[c-]1cccc2c1c1ncccc1n1nccc21. The van der Waals surface area contributed by atoms with E-state index in [2.05, 4.69) is 22.2 Å². The fourth-order valence-corrected chi connectivity index (χ4v) is 2.31. The average Bonchev–Trinajstić information content (AvgIpc) is 2.89. The summed E-state index contributed by atoms with van der Waals surface area (Å²) in [7, 11) is 0. The Hall–Kier alpha value is -1.77. The molecule has 0 aliphatic heterocycles. The normalized spacial score (nSPS) is 10.9. The summed E-state index contributed by atoms with van der Waals surface area (Å²) in [6.07, 6.45) is 3.62. The summed E-state index contributed by atoms with van der Waals surface area (Å²) in [5.41, 5.74) is 3.05. The van der Waals surface area contributed by atoms with E-state index in [0.29, 0.717) is 0 Å². The van der Waals surface area contributed by atoms with Crippen molar-refractivity contribution in [2.75, 3.05) is 0 Å². The molecule has 0 saturated heterocycles. The minimum atomic E-state index is 0. The van der Waals surface area contributed by atoms with E-state index in [1.54, 1.807) is 6.20 Å². The van der Waals surface area contributed by atoms with Crippen LogP contribution in [0.5, 0.6) is 0 Å². The zero-order valence-corrected chi connectivity index (χ0v) is 11.7. The third-order valence-corrected chi connectivity index (χ3v) is 3.03. The second-order valence-corrected chi connectivity index (χ2v) is 3.96. The van der Waals surface area contributed by atoms with Gasteiger partial charge in [-0.15, -0.1) is 29.7 Å². The minimum Gasteiger partial charge on any atom is -0.303 e. The molecule has 4 heteroatoms. The molecular formula is C14H8IrN3-. The summed E-state index contributed by atoms with van der Waals surface area (Å²) >= 11 is 0. The Labute approximate surface area is 117 Å². The Bertz CT molecular complexity index is 781. The fraction of sp³-hybridized carbons (Fsp3) is 0. The van der Waals surface area contributed by atoms with Crippen molar-refractivity contribution >= 4 is 27.3 Å². The largest absolute Gasteiger partial charge is 0.303 e. The van der Waals surface area contributed by atoms with Gasteiger partial charge in [-0.2, -0.15) is 5.10 Å². The van der Waals surface area contributed by atoms with E-state index in [-0.39, 0.29) is 20.1 Å². The smallest absolute Gasteiger partial charge is 0.0491 e. The van der Waals surface area contributed by atoms with Crippen LogP contribution in [-0.4, -0.2) is 14.6 Å². The summed E-state index contributed by atoms with van der Waals surface area (Å²) in [6, 6.07) is 15.2. The number of aromatic nitrogens is 3. The van der Waals surface area contributed by atoms with Crippen LogP contribution < -0.4 is 0 Å². The zero-order chi connectivity index (χ0) is 11.2. The Morgan fingerprint density at radius 1 is 1.00 bits per heavy atom. The van der Waals surface area contributed by atoms with Gasteiger partial charge >= 0.3 is 0 Å². The molecule has 4 rings (SSSR count). The molecule has 3 nitrogen and oxygen atoms in total. The Morgan fingerprint density at radius 3 is 2.89 bits per heavy atom. The molecule has 3 heterocycles. The molecule has 4 aromatic rings. The third kappa shape index (κ3) is 1.40. The predicted octanol–water partition coefficient (Wildman–Crippen LogP) is 2.83. The molecule has 0 aliphatic rings. The van der Waals surface area contributed by atoms with E-state index in [0.717, 1.165) is 27.3 Å². The van der Waals surface area contributed by atoms with Crippen LogP contribution in [0.3, 0.4) is 0 Å². The Morgan fingerprint density at radius 2 is 1.94 bits per heavy atom. The summed E-state index contributed by atoms with van der Waals surface area (Å²) in [6.45, 7) is 0. The molecule has 0 unspecified atom stereocenters. The van der Waals surface area contributed by atoms with Gasteiger partial charge in [0.1, 0.15) is 0 Å². The van der Waals surface area contributed by atoms with Crippen molar-refractivity contribution in [1.82, 2.24) is 14.6 Å². The van der Waals surface area contributed by atoms with Crippen LogP contribution in [0, 0.1) is 6.07 Å². The first-order valence-electron chi connectivity index (χ1n) is 5.46. The predicted molar refractivity (Wildman–Crippen MR) is 66.8 cm³/mol. The molecule has 0 amide bonds. The molecule has 0 bridgehead atoms. The molecule has 0 N–H and O–H groups in total. The third-order valence-electron chi connectivity index (χ3n) is 3.03. The van der Waals surface area contributed by atoms with Crippen molar-refractivity contribution in [2.24, 2.45) is 0 Å². The van der Waals surface area contributed by atoms with Crippen molar-refractivity contribution in [2.45, 2.75) is 0 Å². The van der Waals surface area contributed by atoms with Gasteiger partial charge in [0.15, 0.2) is 0 Å². The number of hydrogen-bond acceptors (Lipinski definition) is 2. The quantitative estimate of drug-likeness (QED) is 0.330. The number of benzene rings is 1. The van der Waals surface area contributed by atoms with Gasteiger partial charge in [0.2, 0.25) is 0 Å². The second kappa shape index (κ2) is 4.16. The van der Waals surface area contributed by atoms with Gasteiger partial charge in [-0.3, -0.25) is 0 Å². The van der Waals surface area contributed by atoms with Crippen LogP contribution in [0.2, 0.25) is 0 Å². The van der Waals surface area contributed by atoms with Crippen LogP contribution in [0.4, 0.5) is 0 Å². The van der Waals surface area contributed by atoms with Gasteiger partial charge in [0, 0.05) is 49.0 Å². The average molecular weight is 410 g/mol. The van der Waals surface area contributed by atoms with Crippen molar-refractivity contribution in [3.63, 3.8) is 0 Å². The maximum Gasteiger partial charge on any atom is 0.0491 e. The van der Waals surface area contributed by atoms with Crippen molar-refractivity contribution in [3.05, 3.63) is 54.9 Å². The molecule has 89 valence electrons. The molecule has 0 saturated carbocycles. The second-order valence-electron chi connectivity index (χ2n) is 3.96. The van der Waals surface area contributed by atoms with Crippen LogP contribution in [-0.2, 0) is 20.1 Å². The van der Waals surface area contributed by atoms with Gasteiger partial charge in [0.05, 0.1) is 0 Å². The number of pyridine rings is 2. The Kier molecular flexibility index (Phi) is 2.62. The maximum absolute atomic E-state index is 4.45. The molecule has 1 radical (unpaired) electrons. The zero-order valence-electron chi connectivity index (χ0n) is 9.29. The van der Waals surface area contributed by atoms with Gasteiger partial charge in [-0.25, -0.2) is 4.52 Å². The van der Waals surface area contributed by atoms with E-state index in [1.807, 2.05) is 41.0 Å². The topological polar surface area (TPSA) is 30.2 Å². The number of fused-ring (bicyclic) bond motifs is 6. The van der Waals surface area contributed by atoms with Gasteiger partial charge < -0.3 is 4.98 Å². The van der Waals surface area contributed by atoms with Crippen LogP contribution in [0.25, 0.3) is 27.3 Å². The van der Waals surface area contributed by atoms with Crippen molar-refractivity contribution in [3.8, 4) is 0 Å². The molecule has 18 heavy (non-hydrogen) atoms. The van der Waals surface area contributed by atoms with Crippen LogP contribution in [0.15, 0.2) is 48.8 Å². The van der Waals surface area contributed by atoms with E-state index >= 15 is 0 Å². The van der Waals surface area contributed by atoms with Crippen LogP contribution in [0.1, 0.15) is 0 Å².